The second-order valence-corrected chi connectivity index (χ2v) is 9.38. The van der Waals surface area contributed by atoms with Crippen LogP contribution in [-0.4, -0.2) is 26.4 Å². The summed E-state index contributed by atoms with van der Waals surface area (Å²) < 4.78 is 11.4. The minimum absolute atomic E-state index is 0.215. The van der Waals surface area contributed by atoms with Crippen molar-refractivity contribution in [3.63, 3.8) is 0 Å². The normalized spacial score (nSPS) is 16.1. The van der Waals surface area contributed by atoms with E-state index in [4.69, 9.17) is 26.1 Å². The van der Waals surface area contributed by atoms with Gasteiger partial charge in [-0.2, -0.15) is 4.98 Å². The van der Waals surface area contributed by atoms with E-state index in [9.17, 15) is 0 Å². The number of hydrogen-bond acceptors (Lipinski definition) is 6. The van der Waals surface area contributed by atoms with Gasteiger partial charge in [0.15, 0.2) is 5.11 Å². The summed E-state index contributed by atoms with van der Waals surface area (Å²) in [5.74, 6) is 1.83. The largest absolute Gasteiger partial charge is 0.467 e. The Morgan fingerprint density at radius 2 is 1.82 bits per heavy atom. The summed E-state index contributed by atoms with van der Waals surface area (Å²) in [7, 11) is 0. The van der Waals surface area contributed by atoms with Gasteiger partial charge in [0.1, 0.15) is 5.76 Å². The van der Waals surface area contributed by atoms with E-state index >= 15 is 0 Å². The van der Waals surface area contributed by atoms with Gasteiger partial charge in [0.2, 0.25) is 5.82 Å². The fourth-order valence-corrected chi connectivity index (χ4v) is 4.73. The van der Waals surface area contributed by atoms with Crippen LogP contribution in [0.3, 0.4) is 0 Å². The number of nitrogens with zero attached hydrogens (tertiary/aromatic N) is 3. The average molecular weight is 489 g/mol. The summed E-state index contributed by atoms with van der Waals surface area (Å²) in [6.07, 6.45) is 3.72. The monoisotopic (exact) mass is 488 g/mol. The van der Waals surface area contributed by atoms with Crippen molar-refractivity contribution >= 4 is 34.7 Å². The van der Waals surface area contributed by atoms with Crippen LogP contribution in [0, 0.1) is 6.92 Å². The van der Waals surface area contributed by atoms with E-state index in [1.807, 2.05) is 36.1 Å². The van der Waals surface area contributed by atoms with Crippen molar-refractivity contribution in [1.82, 2.24) is 20.4 Å². The fraction of sp³-hybridized carbons (Fsp3) is 0.192. The molecule has 5 rings (SSSR count). The van der Waals surface area contributed by atoms with E-state index < -0.39 is 0 Å². The van der Waals surface area contributed by atoms with Crippen molar-refractivity contribution in [2.45, 2.75) is 31.3 Å². The predicted molar refractivity (Wildman–Crippen MR) is 138 cm³/mol. The summed E-state index contributed by atoms with van der Waals surface area (Å²) in [5.41, 5.74) is 5.01. The van der Waals surface area contributed by atoms with Crippen molar-refractivity contribution in [1.29, 1.82) is 0 Å². The summed E-state index contributed by atoms with van der Waals surface area (Å²) in [4.78, 5) is 7.97. The first-order valence-electron chi connectivity index (χ1n) is 10.9. The van der Waals surface area contributed by atoms with Crippen LogP contribution in [0.1, 0.15) is 35.7 Å². The number of allylic oxidation sites excluding steroid dienone is 1. The molecule has 1 atom stereocenters. The van der Waals surface area contributed by atoms with Gasteiger partial charge in [-0.1, -0.05) is 35.0 Å². The maximum atomic E-state index is 5.82. The zero-order valence-corrected chi connectivity index (χ0v) is 20.7. The average Bonchev–Trinajstić information content (AvgIpc) is 3.54. The van der Waals surface area contributed by atoms with Gasteiger partial charge < -0.3 is 19.2 Å². The van der Waals surface area contributed by atoms with E-state index in [1.54, 1.807) is 18.0 Å². The summed E-state index contributed by atoms with van der Waals surface area (Å²) in [6.45, 7) is 4.61. The highest BCUT2D eigenvalue weighted by molar-refractivity contribution is 7.98. The smallest absolute Gasteiger partial charge is 0.258 e. The molecular weight excluding hydrogens is 464 g/mol. The lowest BCUT2D eigenvalue weighted by molar-refractivity contribution is 0.382. The molecule has 1 N–H and O–H groups in total. The van der Waals surface area contributed by atoms with Crippen LogP contribution in [0.15, 0.2) is 86.5 Å². The maximum Gasteiger partial charge on any atom is 0.258 e. The molecule has 1 aliphatic heterocycles. The van der Waals surface area contributed by atoms with Crippen LogP contribution in [0.4, 0.5) is 0 Å². The molecule has 0 bridgehead atoms. The Bertz CT molecular complexity index is 1330. The number of rotatable bonds is 6. The number of aryl methyl sites for hydroxylation is 1. The first-order chi connectivity index (χ1) is 16.5. The quantitative estimate of drug-likeness (QED) is 0.253. The van der Waals surface area contributed by atoms with Gasteiger partial charge in [0, 0.05) is 16.2 Å². The summed E-state index contributed by atoms with van der Waals surface area (Å²) in [5, 5.41) is 8.39. The molecule has 1 unspecified atom stereocenters. The minimum Gasteiger partial charge on any atom is -0.467 e. The lowest BCUT2D eigenvalue weighted by Crippen LogP contribution is -2.45. The predicted octanol–water partition coefficient (Wildman–Crippen LogP) is 6.22. The van der Waals surface area contributed by atoms with Crippen molar-refractivity contribution in [3.8, 4) is 11.4 Å². The van der Waals surface area contributed by atoms with Gasteiger partial charge in [-0.3, -0.25) is 0 Å². The molecule has 0 amide bonds. The fourth-order valence-electron chi connectivity index (χ4n) is 4.01. The molecule has 0 aliphatic carbocycles. The van der Waals surface area contributed by atoms with Crippen molar-refractivity contribution in [2.24, 2.45) is 0 Å². The maximum absolute atomic E-state index is 5.82. The molecule has 1 aliphatic rings. The van der Waals surface area contributed by atoms with E-state index in [0.29, 0.717) is 23.4 Å². The van der Waals surface area contributed by atoms with Crippen LogP contribution >= 0.6 is 24.0 Å². The molecule has 0 saturated carbocycles. The number of aromatic nitrogens is 2. The zero-order valence-electron chi connectivity index (χ0n) is 19.1. The lowest BCUT2D eigenvalue weighted by atomic mass is 9.94. The van der Waals surface area contributed by atoms with Crippen molar-refractivity contribution in [3.05, 3.63) is 95.4 Å². The zero-order chi connectivity index (χ0) is 23.7. The third kappa shape index (κ3) is 4.38. The highest BCUT2D eigenvalue weighted by atomic mass is 32.2. The molecule has 0 saturated heterocycles. The van der Waals surface area contributed by atoms with Gasteiger partial charge in [-0.25, -0.2) is 0 Å². The Balaban J connectivity index is 1.58. The molecule has 3 heterocycles. The number of thiocarbonyl (C=S) groups is 1. The van der Waals surface area contributed by atoms with Crippen LogP contribution < -0.4 is 5.32 Å². The van der Waals surface area contributed by atoms with Crippen LogP contribution in [0.5, 0.6) is 0 Å². The standard InChI is InChI=1S/C26H24N4O2S2/c1-16-6-8-18(9-7-16)23-22(17(2)30(26(33)27-23)15-20-5-4-14-31-20)25-28-24(29-32-25)19-10-12-21(34-3)13-11-19/h4-14,23H,15H2,1-3H3,(H,27,33). The van der Waals surface area contributed by atoms with E-state index in [1.165, 1.54) is 10.5 Å². The molecule has 0 fully saturated rings. The number of furan rings is 1. The summed E-state index contributed by atoms with van der Waals surface area (Å²) >= 11 is 7.45. The van der Waals surface area contributed by atoms with Crippen LogP contribution in [0.25, 0.3) is 17.0 Å². The van der Waals surface area contributed by atoms with Crippen molar-refractivity contribution < 1.29 is 8.94 Å². The lowest BCUT2D eigenvalue weighted by Gasteiger charge is -2.37. The molecule has 0 spiro atoms. The van der Waals surface area contributed by atoms with Gasteiger partial charge in [0.25, 0.3) is 5.89 Å². The van der Waals surface area contributed by atoms with E-state index in [2.05, 4.69) is 60.1 Å². The molecule has 2 aromatic carbocycles. The van der Waals surface area contributed by atoms with Gasteiger partial charge in [-0.15, -0.1) is 11.8 Å². The third-order valence-corrected chi connectivity index (χ3v) is 6.99. The molecule has 4 aromatic rings. The Kier molecular flexibility index (Phi) is 6.26. The summed E-state index contributed by atoms with van der Waals surface area (Å²) in [6, 6.07) is 20.1. The first-order valence-corrected chi connectivity index (χ1v) is 12.5. The van der Waals surface area contributed by atoms with Crippen molar-refractivity contribution in [2.75, 3.05) is 6.26 Å². The number of hydrogen-bond donors (Lipinski definition) is 1. The number of nitrogens with one attached hydrogen (secondary N) is 1. The molecule has 6 nitrogen and oxygen atoms in total. The second kappa shape index (κ2) is 9.48. The number of thioether (sulfide) groups is 1. The molecule has 172 valence electrons. The molecule has 8 heteroatoms. The Labute approximate surface area is 208 Å². The van der Waals surface area contributed by atoms with Gasteiger partial charge >= 0.3 is 0 Å². The van der Waals surface area contributed by atoms with Gasteiger partial charge in [-0.05, 0) is 74.3 Å². The molecule has 0 radical (unpaired) electrons. The SMILES string of the molecule is CSc1ccc(-c2noc(C3=C(C)N(Cc4ccco4)C(=S)NC3c3ccc(C)cc3)n2)cc1. The highest BCUT2D eigenvalue weighted by Gasteiger charge is 2.34. The highest BCUT2D eigenvalue weighted by Crippen LogP contribution is 2.38. The Hall–Kier alpha value is -3.36. The van der Waals surface area contributed by atoms with E-state index in [0.717, 1.165) is 28.2 Å². The van der Waals surface area contributed by atoms with Crippen LogP contribution in [0.2, 0.25) is 0 Å². The Morgan fingerprint density at radius 1 is 1.06 bits per heavy atom. The van der Waals surface area contributed by atoms with Gasteiger partial charge in [0.05, 0.1) is 24.4 Å². The minimum atomic E-state index is -0.215. The van der Waals surface area contributed by atoms with E-state index in [-0.39, 0.29) is 6.04 Å². The molecule has 2 aromatic heterocycles. The molecule has 34 heavy (non-hydrogen) atoms. The van der Waals surface area contributed by atoms with Crippen LogP contribution in [-0.2, 0) is 6.54 Å². The first kappa shape index (κ1) is 22.4. The molecular formula is C26H24N4O2S2. The third-order valence-electron chi connectivity index (χ3n) is 5.91. The Morgan fingerprint density at radius 3 is 2.50 bits per heavy atom. The second-order valence-electron chi connectivity index (χ2n) is 8.11. The topological polar surface area (TPSA) is 67.3 Å². The number of benzene rings is 2.